The molecule has 0 aromatic carbocycles. The summed E-state index contributed by atoms with van der Waals surface area (Å²) in [5, 5.41) is 12.1. The second kappa shape index (κ2) is 6.25. The first-order valence-corrected chi connectivity index (χ1v) is 7.83. The SMILES string of the molecule is C=CN(C1=C(N)C(=O)NC2=NC(N)=NCC21)[C@H]1CC(C)[C@@H](CO)O1. The molecule has 1 amide bonds. The van der Waals surface area contributed by atoms with Crippen LogP contribution >= 0.6 is 0 Å². The summed E-state index contributed by atoms with van der Waals surface area (Å²) in [5.74, 6) is -0.0350. The molecule has 3 rings (SSSR count). The van der Waals surface area contributed by atoms with Gasteiger partial charge >= 0.3 is 0 Å². The summed E-state index contributed by atoms with van der Waals surface area (Å²) in [6.07, 6.45) is 1.64. The van der Waals surface area contributed by atoms with Gasteiger partial charge in [0.2, 0.25) is 5.96 Å². The normalized spacial score (nSPS) is 32.7. The van der Waals surface area contributed by atoms with Crippen LogP contribution in [0.5, 0.6) is 0 Å². The highest BCUT2D eigenvalue weighted by atomic mass is 16.5. The van der Waals surface area contributed by atoms with Crippen molar-refractivity contribution in [2.75, 3.05) is 13.2 Å². The Hall–Kier alpha value is -2.39. The van der Waals surface area contributed by atoms with Crippen LogP contribution in [0.3, 0.4) is 0 Å². The molecule has 24 heavy (non-hydrogen) atoms. The topological polar surface area (TPSA) is 139 Å². The number of guanidine groups is 1. The number of carbonyl (C=O) groups excluding carboxylic acids is 1. The molecule has 9 nitrogen and oxygen atoms in total. The largest absolute Gasteiger partial charge is 0.394 e. The molecular formula is C15H22N6O3. The Kier molecular flexibility index (Phi) is 4.29. The van der Waals surface area contributed by atoms with Crippen LogP contribution in [-0.2, 0) is 9.53 Å². The molecule has 3 aliphatic heterocycles. The number of aliphatic imine (C=N–C) groups is 2. The Balaban J connectivity index is 1.95. The lowest BCUT2D eigenvalue weighted by atomic mass is 9.95. The number of nitrogens with one attached hydrogen (secondary N) is 1. The van der Waals surface area contributed by atoms with Crippen LogP contribution in [0.1, 0.15) is 13.3 Å². The number of hydrogen-bond donors (Lipinski definition) is 4. The Morgan fingerprint density at radius 3 is 2.92 bits per heavy atom. The summed E-state index contributed by atoms with van der Waals surface area (Å²) in [6.45, 7) is 6.11. The lowest BCUT2D eigenvalue weighted by molar-refractivity contribution is -0.116. The third-order valence-electron chi connectivity index (χ3n) is 4.60. The van der Waals surface area contributed by atoms with Crippen molar-refractivity contribution in [2.45, 2.75) is 25.7 Å². The molecule has 1 fully saturated rings. The third kappa shape index (κ3) is 2.65. The minimum Gasteiger partial charge on any atom is -0.394 e. The number of amides is 1. The highest BCUT2D eigenvalue weighted by molar-refractivity contribution is 6.14. The molecule has 0 bridgehead atoms. The van der Waals surface area contributed by atoms with Crippen molar-refractivity contribution in [1.29, 1.82) is 0 Å². The molecule has 4 atom stereocenters. The average Bonchev–Trinajstić information content (AvgIpc) is 2.92. The van der Waals surface area contributed by atoms with E-state index in [0.29, 0.717) is 24.5 Å². The van der Waals surface area contributed by atoms with Crippen molar-refractivity contribution < 1.29 is 14.6 Å². The van der Waals surface area contributed by atoms with Gasteiger partial charge < -0.3 is 31.5 Å². The fourth-order valence-corrected chi connectivity index (χ4v) is 3.28. The quantitative estimate of drug-likeness (QED) is 0.510. The number of hydrogen-bond acceptors (Lipinski definition) is 8. The van der Waals surface area contributed by atoms with Gasteiger partial charge in [-0.1, -0.05) is 13.5 Å². The summed E-state index contributed by atoms with van der Waals surface area (Å²) >= 11 is 0. The first-order chi connectivity index (χ1) is 11.5. The lowest BCUT2D eigenvalue weighted by Crippen LogP contribution is -2.52. The summed E-state index contributed by atoms with van der Waals surface area (Å²) < 4.78 is 5.90. The van der Waals surface area contributed by atoms with E-state index in [0.717, 1.165) is 0 Å². The van der Waals surface area contributed by atoms with E-state index in [-0.39, 0.29) is 42.4 Å². The second-order valence-corrected chi connectivity index (χ2v) is 6.12. The standard InChI is InChI=1S/C15H22N6O3/c1-3-21(10-4-7(2)9(6-22)24-10)12-8-5-18-15(17)20-13(8)19-14(23)11(12)16/h3,7-10,22H,1,4-6,16H2,2H3,(H3,17,18,19,20,23)/t7?,8?,9-,10-/m1/s1. The molecule has 3 aliphatic rings. The van der Waals surface area contributed by atoms with Gasteiger partial charge in [0.15, 0.2) is 0 Å². The van der Waals surface area contributed by atoms with Crippen molar-refractivity contribution in [3.63, 3.8) is 0 Å². The van der Waals surface area contributed by atoms with Crippen LogP contribution in [0.4, 0.5) is 0 Å². The van der Waals surface area contributed by atoms with Gasteiger partial charge in [-0.2, -0.15) is 4.99 Å². The number of aliphatic hydroxyl groups excluding tert-OH is 1. The van der Waals surface area contributed by atoms with Gasteiger partial charge in [0.05, 0.1) is 30.9 Å². The first-order valence-electron chi connectivity index (χ1n) is 7.83. The number of fused-ring (bicyclic) bond motifs is 1. The average molecular weight is 334 g/mol. The van der Waals surface area contributed by atoms with Gasteiger partial charge in [0, 0.05) is 0 Å². The van der Waals surface area contributed by atoms with Gasteiger partial charge in [-0.05, 0) is 18.5 Å². The van der Waals surface area contributed by atoms with Gasteiger partial charge in [0.25, 0.3) is 5.91 Å². The van der Waals surface area contributed by atoms with Crippen LogP contribution in [0.2, 0.25) is 0 Å². The predicted molar refractivity (Wildman–Crippen MR) is 88.3 cm³/mol. The first kappa shape index (κ1) is 16.5. The number of ether oxygens (including phenoxy) is 1. The van der Waals surface area contributed by atoms with Gasteiger partial charge in [0.1, 0.15) is 17.8 Å². The third-order valence-corrected chi connectivity index (χ3v) is 4.60. The van der Waals surface area contributed by atoms with Crippen molar-refractivity contribution >= 4 is 17.7 Å². The molecule has 130 valence electrons. The number of carbonyl (C=O) groups is 1. The van der Waals surface area contributed by atoms with Gasteiger partial charge in [-0.25, -0.2) is 0 Å². The minimum absolute atomic E-state index is 0.0609. The van der Waals surface area contributed by atoms with Gasteiger partial charge in [-0.15, -0.1) is 0 Å². The smallest absolute Gasteiger partial charge is 0.274 e. The van der Waals surface area contributed by atoms with Crippen LogP contribution in [-0.4, -0.2) is 53.2 Å². The maximum absolute atomic E-state index is 12.2. The predicted octanol–water partition coefficient (Wildman–Crippen LogP) is -1.18. The molecule has 0 aromatic rings. The second-order valence-electron chi connectivity index (χ2n) is 6.12. The molecule has 0 spiro atoms. The molecule has 3 heterocycles. The van der Waals surface area contributed by atoms with E-state index in [1.54, 1.807) is 11.1 Å². The fourth-order valence-electron chi connectivity index (χ4n) is 3.28. The van der Waals surface area contributed by atoms with Crippen LogP contribution in [0, 0.1) is 11.8 Å². The zero-order valence-corrected chi connectivity index (χ0v) is 13.5. The molecule has 2 unspecified atom stereocenters. The summed E-state index contributed by atoms with van der Waals surface area (Å²) in [6, 6.07) is 0. The van der Waals surface area contributed by atoms with Crippen LogP contribution in [0.15, 0.2) is 34.2 Å². The molecule has 0 aromatic heterocycles. The van der Waals surface area contributed by atoms with Crippen molar-refractivity contribution in [2.24, 2.45) is 33.3 Å². The summed E-state index contributed by atoms with van der Waals surface area (Å²) in [7, 11) is 0. The Morgan fingerprint density at radius 1 is 1.54 bits per heavy atom. The highest BCUT2D eigenvalue weighted by Crippen LogP contribution is 2.34. The van der Waals surface area contributed by atoms with Crippen molar-refractivity contribution in [3.05, 3.63) is 24.2 Å². The van der Waals surface area contributed by atoms with Gasteiger partial charge in [-0.3, -0.25) is 9.79 Å². The summed E-state index contributed by atoms with van der Waals surface area (Å²) in [5.41, 5.74) is 12.3. The number of aliphatic hydroxyl groups is 1. The van der Waals surface area contributed by atoms with E-state index in [2.05, 4.69) is 21.9 Å². The van der Waals surface area contributed by atoms with Crippen molar-refractivity contribution in [1.82, 2.24) is 10.2 Å². The lowest BCUT2D eigenvalue weighted by Gasteiger charge is -2.37. The van der Waals surface area contributed by atoms with E-state index >= 15 is 0 Å². The van der Waals surface area contributed by atoms with E-state index in [4.69, 9.17) is 16.2 Å². The zero-order chi connectivity index (χ0) is 17.4. The maximum atomic E-state index is 12.2. The number of amidine groups is 1. The van der Waals surface area contributed by atoms with Crippen molar-refractivity contribution in [3.8, 4) is 0 Å². The minimum atomic E-state index is -0.439. The summed E-state index contributed by atoms with van der Waals surface area (Å²) in [4.78, 5) is 22.2. The van der Waals surface area contributed by atoms with E-state index in [9.17, 15) is 9.90 Å². The van der Waals surface area contributed by atoms with E-state index < -0.39 is 5.91 Å². The molecular weight excluding hydrogens is 312 g/mol. The van der Waals surface area contributed by atoms with E-state index in [1.807, 2.05) is 6.92 Å². The monoisotopic (exact) mass is 334 g/mol. The molecule has 0 saturated carbocycles. The maximum Gasteiger partial charge on any atom is 0.274 e. The Labute approximate surface area is 139 Å². The zero-order valence-electron chi connectivity index (χ0n) is 13.5. The van der Waals surface area contributed by atoms with Crippen LogP contribution < -0.4 is 16.8 Å². The molecule has 0 radical (unpaired) electrons. The Morgan fingerprint density at radius 2 is 2.29 bits per heavy atom. The molecule has 6 N–H and O–H groups in total. The highest BCUT2D eigenvalue weighted by Gasteiger charge is 2.42. The fraction of sp³-hybridized carbons (Fsp3) is 0.533. The molecule has 9 heteroatoms. The molecule has 0 aliphatic carbocycles. The number of nitrogens with two attached hydrogens (primary N) is 2. The number of nitrogens with zero attached hydrogens (tertiary/aromatic N) is 3. The Bertz CT molecular complexity index is 656. The van der Waals surface area contributed by atoms with E-state index in [1.165, 1.54) is 0 Å². The van der Waals surface area contributed by atoms with Crippen LogP contribution in [0.25, 0.3) is 0 Å². The molecule has 1 saturated heterocycles. The number of rotatable bonds is 4.